The summed E-state index contributed by atoms with van der Waals surface area (Å²) in [4.78, 5) is 19.1. The van der Waals surface area contributed by atoms with Crippen LogP contribution in [0.1, 0.15) is 22.4 Å². The maximum Gasteiger partial charge on any atom is 0.311 e. The number of aryl methyl sites for hydroxylation is 1. The molecule has 4 aromatic rings. The standard InChI is InChI=1S/C22H20N6O3/c1-14-15(2)27(12-16-6-4-3-5-7-16)22-20(14)21(23-13-24-22)26-25-11-17-8-9-19(29)18(10-17)28(30)31/h3-11,13,29H,12H2,1-2H3,(H,23,24,26). The summed E-state index contributed by atoms with van der Waals surface area (Å²) in [6.07, 6.45) is 2.91. The van der Waals surface area contributed by atoms with Crippen molar-refractivity contribution in [2.45, 2.75) is 20.4 Å². The highest BCUT2D eigenvalue weighted by atomic mass is 16.6. The van der Waals surface area contributed by atoms with Crippen molar-refractivity contribution in [3.05, 3.63) is 87.4 Å². The lowest BCUT2D eigenvalue weighted by atomic mass is 10.2. The number of rotatable bonds is 6. The van der Waals surface area contributed by atoms with E-state index in [0.717, 1.165) is 22.3 Å². The molecule has 0 atom stereocenters. The third-order valence-corrected chi connectivity index (χ3v) is 5.17. The van der Waals surface area contributed by atoms with Crippen molar-refractivity contribution in [3.8, 4) is 5.75 Å². The van der Waals surface area contributed by atoms with Gasteiger partial charge in [0, 0.05) is 23.9 Å². The number of aromatic nitrogens is 3. The molecule has 0 aliphatic heterocycles. The van der Waals surface area contributed by atoms with Crippen LogP contribution in [0, 0.1) is 24.0 Å². The van der Waals surface area contributed by atoms with Crippen LogP contribution < -0.4 is 5.43 Å². The van der Waals surface area contributed by atoms with Crippen molar-refractivity contribution in [1.82, 2.24) is 14.5 Å². The molecule has 0 amide bonds. The van der Waals surface area contributed by atoms with Crippen LogP contribution in [-0.4, -0.2) is 30.8 Å². The third kappa shape index (κ3) is 3.93. The first-order chi connectivity index (χ1) is 15.0. The fraction of sp³-hybridized carbons (Fsp3) is 0.136. The topological polar surface area (TPSA) is 118 Å². The van der Waals surface area contributed by atoms with Crippen LogP contribution in [0.25, 0.3) is 11.0 Å². The molecule has 9 nitrogen and oxygen atoms in total. The molecule has 0 saturated carbocycles. The number of nitrogens with zero attached hydrogens (tertiary/aromatic N) is 5. The average Bonchev–Trinajstić information content (AvgIpc) is 3.01. The monoisotopic (exact) mass is 416 g/mol. The molecule has 2 heterocycles. The maximum absolute atomic E-state index is 11.0. The van der Waals surface area contributed by atoms with Gasteiger partial charge in [-0.2, -0.15) is 5.10 Å². The number of nitrogens with one attached hydrogen (secondary N) is 1. The summed E-state index contributed by atoms with van der Waals surface area (Å²) in [6.45, 7) is 4.75. The Morgan fingerprint density at radius 1 is 1.19 bits per heavy atom. The molecule has 2 N–H and O–H groups in total. The Morgan fingerprint density at radius 2 is 1.97 bits per heavy atom. The molecule has 0 saturated heterocycles. The molecule has 0 radical (unpaired) electrons. The number of phenolic OH excluding ortho intramolecular Hbond substituents is 1. The minimum absolute atomic E-state index is 0.377. The van der Waals surface area contributed by atoms with Crippen molar-refractivity contribution in [2.24, 2.45) is 5.10 Å². The number of hydrazone groups is 1. The summed E-state index contributed by atoms with van der Waals surface area (Å²) in [5.74, 6) is 0.153. The summed E-state index contributed by atoms with van der Waals surface area (Å²) in [5, 5.41) is 25.6. The molecule has 4 rings (SSSR count). The Labute approximate surface area is 177 Å². The fourth-order valence-corrected chi connectivity index (χ4v) is 3.45. The number of phenols is 1. The van der Waals surface area contributed by atoms with Crippen molar-refractivity contribution in [2.75, 3.05) is 5.43 Å². The van der Waals surface area contributed by atoms with E-state index in [9.17, 15) is 15.2 Å². The average molecular weight is 416 g/mol. The number of nitro groups is 1. The van der Waals surface area contributed by atoms with E-state index in [1.165, 1.54) is 36.3 Å². The van der Waals surface area contributed by atoms with Crippen LogP contribution in [0.15, 0.2) is 60.0 Å². The van der Waals surface area contributed by atoms with Crippen molar-refractivity contribution in [1.29, 1.82) is 0 Å². The van der Waals surface area contributed by atoms with Crippen LogP contribution in [0.3, 0.4) is 0 Å². The highest BCUT2D eigenvalue weighted by Gasteiger charge is 2.17. The number of hydrogen-bond acceptors (Lipinski definition) is 7. The molecular formula is C22H20N6O3. The van der Waals surface area contributed by atoms with E-state index in [0.29, 0.717) is 17.9 Å². The highest BCUT2D eigenvalue weighted by molar-refractivity contribution is 5.92. The molecule has 0 bridgehead atoms. The van der Waals surface area contributed by atoms with Gasteiger partial charge in [-0.25, -0.2) is 9.97 Å². The maximum atomic E-state index is 11.0. The summed E-state index contributed by atoms with van der Waals surface area (Å²) < 4.78 is 2.14. The number of anilines is 1. The SMILES string of the molecule is Cc1c(C)n(Cc2ccccc2)c2ncnc(NN=Cc3ccc(O)c([N+](=O)[O-])c3)c12. The second-order valence-electron chi connectivity index (χ2n) is 7.08. The Morgan fingerprint density at radius 3 is 2.71 bits per heavy atom. The second kappa shape index (κ2) is 8.23. The predicted molar refractivity (Wildman–Crippen MR) is 119 cm³/mol. The van der Waals surface area contributed by atoms with E-state index in [2.05, 4.69) is 37.2 Å². The van der Waals surface area contributed by atoms with Crippen LogP contribution in [-0.2, 0) is 6.54 Å². The van der Waals surface area contributed by atoms with E-state index < -0.39 is 10.7 Å². The number of benzene rings is 2. The molecule has 0 spiro atoms. The van der Waals surface area contributed by atoms with E-state index in [4.69, 9.17) is 0 Å². The zero-order chi connectivity index (χ0) is 22.0. The Bertz CT molecular complexity index is 1300. The van der Waals surface area contributed by atoms with Gasteiger partial charge in [0.25, 0.3) is 0 Å². The van der Waals surface area contributed by atoms with E-state index in [-0.39, 0.29) is 5.69 Å². The largest absolute Gasteiger partial charge is 0.502 e. The van der Waals surface area contributed by atoms with Crippen molar-refractivity contribution < 1.29 is 10.0 Å². The van der Waals surface area contributed by atoms with Crippen LogP contribution in [0.5, 0.6) is 5.75 Å². The van der Waals surface area contributed by atoms with Crippen LogP contribution in [0.4, 0.5) is 11.5 Å². The molecule has 0 fully saturated rings. The molecular weight excluding hydrogens is 396 g/mol. The number of nitro benzene ring substituents is 1. The van der Waals surface area contributed by atoms with Gasteiger partial charge >= 0.3 is 5.69 Å². The molecule has 2 aromatic carbocycles. The van der Waals surface area contributed by atoms with Gasteiger partial charge in [0.2, 0.25) is 0 Å². The smallest absolute Gasteiger partial charge is 0.311 e. The molecule has 31 heavy (non-hydrogen) atoms. The quantitative estimate of drug-likeness (QED) is 0.277. The normalized spacial score (nSPS) is 11.3. The molecule has 9 heteroatoms. The van der Waals surface area contributed by atoms with Gasteiger partial charge in [-0.3, -0.25) is 15.5 Å². The lowest BCUT2D eigenvalue weighted by Gasteiger charge is -2.08. The first-order valence-corrected chi connectivity index (χ1v) is 9.56. The molecule has 2 aromatic heterocycles. The zero-order valence-corrected chi connectivity index (χ0v) is 17.0. The Balaban J connectivity index is 1.65. The van der Waals surface area contributed by atoms with Gasteiger partial charge < -0.3 is 9.67 Å². The Hall–Kier alpha value is -4.27. The summed E-state index contributed by atoms with van der Waals surface area (Å²) in [7, 11) is 0. The van der Waals surface area contributed by atoms with Gasteiger partial charge in [-0.05, 0) is 37.1 Å². The van der Waals surface area contributed by atoms with E-state index >= 15 is 0 Å². The minimum Gasteiger partial charge on any atom is -0.502 e. The second-order valence-corrected chi connectivity index (χ2v) is 7.08. The molecule has 0 unspecified atom stereocenters. The van der Waals surface area contributed by atoms with E-state index in [1.54, 1.807) is 0 Å². The predicted octanol–water partition coefficient (Wildman–Crippen LogP) is 4.16. The van der Waals surface area contributed by atoms with Gasteiger partial charge in [0.05, 0.1) is 16.5 Å². The van der Waals surface area contributed by atoms with Crippen molar-refractivity contribution in [3.63, 3.8) is 0 Å². The molecule has 156 valence electrons. The van der Waals surface area contributed by atoms with Gasteiger partial charge in [0.1, 0.15) is 12.0 Å². The van der Waals surface area contributed by atoms with Crippen molar-refractivity contribution >= 4 is 28.8 Å². The number of hydrogen-bond donors (Lipinski definition) is 2. The van der Waals surface area contributed by atoms with Gasteiger partial charge in [0.15, 0.2) is 11.6 Å². The van der Waals surface area contributed by atoms with E-state index in [1.807, 2.05) is 32.0 Å². The lowest BCUT2D eigenvalue weighted by Crippen LogP contribution is -2.03. The van der Waals surface area contributed by atoms with Gasteiger partial charge in [-0.1, -0.05) is 30.3 Å². The van der Waals surface area contributed by atoms with Crippen LogP contribution in [0.2, 0.25) is 0 Å². The summed E-state index contributed by atoms with van der Waals surface area (Å²) in [5.41, 5.74) is 7.11. The third-order valence-electron chi connectivity index (χ3n) is 5.17. The summed E-state index contributed by atoms with van der Waals surface area (Å²) >= 11 is 0. The fourth-order valence-electron chi connectivity index (χ4n) is 3.45. The molecule has 0 aliphatic carbocycles. The number of aromatic hydroxyl groups is 1. The van der Waals surface area contributed by atoms with Gasteiger partial charge in [-0.15, -0.1) is 0 Å². The first-order valence-electron chi connectivity index (χ1n) is 9.56. The molecule has 0 aliphatic rings. The lowest BCUT2D eigenvalue weighted by molar-refractivity contribution is -0.385. The van der Waals surface area contributed by atoms with Crippen LogP contribution >= 0.6 is 0 Å². The number of fused-ring (bicyclic) bond motifs is 1. The summed E-state index contributed by atoms with van der Waals surface area (Å²) in [6, 6.07) is 14.2. The first kappa shape index (κ1) is 20.0. The highest BCUT2D eigenvalue weighted by Crippen LogP contribution is 2.29. The Kier molecular flexibility index (Phi) is 5.31. The minimum atomic E-state index is -0.643. The zero-order valence-electron chi connectivity index (χ0n) is 17.0.